The predicted octanol–water partition coefficient (Wildman–Crippen LogP) is 2.17. The Kier molecular flexibility index (Phi) is 5.71. The number of carbonyl (C=O) groups is 1. The van der Waals surface area contributed by atoms with Gasteiger partial charge < -0.3 is 10.0 Å². The number of carboxylic acids is 1. The Bertz CT molecular complexity index is 1490. The summed E-state index contributed by atoms with van der Waals surface area (Å²) in [6.07, 6.45) is 4.11. The smallest absolute Gasteiger partial charge is 0.307 e. The molecule has 1 aromatic carbocycles. The van der Waals surface area contributed by atoms with E-state index in [2.05, 4.69) is 15.0 Å². The van der Waals surface area contributed by atoms with Crippen molar-refractivity contribution < 1.29 is 22.7 Å². The van der Waals surface area contributed by atoms with E-state index in [4.69, 9.17) is 0 Å². The second-order valence-electron chi connectivity index (χ2n) is 7.81. The van der Waals surface area contributed by atoms with E-state index in [-0.39, 0.29) is 21.0 Å². The van der Waals surface area contributed by atoms with Gasteiger partial charge in [-0.2, -0.15) is 0 Å². The van der Waals surface area contributed by atoms with Gasteiger partial charge in [-0.25, -0.2) is 17.8 Å². The van der Waals surface area contributed by atoms with E-state index in [1.54, 1.807) is 31.3 Å². The minimum absolute atomic E-state index is 0.0249. The molecule has 8 nitrogen and oxygen atoms in total. The second-order valence-corrected chi connectivity index (χ2v) is 9.69. The summed E-state index contributed by atoms with van der Waals surface area (Å²) in [6.45, 7) is 3.56. The van der Waals surface area contributed by atoms with Crippen LogP contribution in [0.2, 0.25) is 0 Å². The molecule has 0 saturated carbocycles. The lowest BCUT2D eigenvalue weighted by Gasteiger charge is -2.18. The molecule has 1 atom stereocenters. The number of pyridine rings is 2. The lowest BCUT2D eigenvalue weighted by Crippen LogP contribution is -2.32. The van der Waals surface area contributed by atoms with Gasteiger partial charge in [-0.1, -0.05) is 0 Å². The largest absolute Gasteiger partial charge is 0.481 e. The van der Waals surface area contributed by atoms with Crippen LogP contribution in [0.15, 0.2) is 63.7 Å². The molecule has 1 N–H and O–H groups in total. The van der Waals surface area contributed by atoms with Crippen molar-refractivity contribution in [2.45, 2.75) is 36.1 Å². The zero-order chi connectivity index (χ0) is 23.9. The first-order valence-electron chi connectivity index (χ1n) is 10.1. The van der Waals surface area contributed by atoms with E-state index >= 15 is 0 Å². The standard InChI is InChI=1S/C23H21FN4O4S/c1-13-8-15(11-25-10-13)28(3)20-7-4-16(12-26-20)33(31,32)23-18(24)5-6-19-22(23)17(9-21(29)30)14(2)27-19/h4-8,10-12,14H,9H2,1-3H3,(H,29,30). The average molecular weight is 469 g/mol. The van der Waals surface area contributed by atoms with Gasteiger partial charge in [-0.3, -0.25) is 14.8 Å². The topological polar surface area (TPSA) is 113 Å². The highest BCUT2D eigenvalue weighted by Gasteiger charge is 2.29. The molecule has 33 heavy (non-hydrogen) atoms. The lowest BCUT2D eigenvalue weighted by atomic mass is 10.0. The van der Waals surface area contributed by atoms with Gasteiger partial charge in [-0.05, 0) is 55.3 Å². The zero-order valence-corrected chi connectivity index (χ0v) is 19.0. The van der Waals surface area contributed by atoms with Crippen LogP contribution < -0.4 is 15.5 Å². The summed E-state index contributed by atoms with van der Waals surface area (Å²) in [7, 11) is -2.57. The highest BCUT2D eigenvalue weighted by molar-refractivity contribution is 7.91. The summed E-state index contributed by atoms with van der Waals surface area (Å²) < 4.78 is 41.8. The molecule has 3 heterocycles. The van der Waals surface area contributed by atoms with E-state index in [9.17, 15) is 22.7 Å². The fourth-order valence-corrected chi connectivity index (χ4v) is 5.33. The first-order valence-corrected chi connectivity index (χ1v) is 11.6. The zero-order valence-electron chi connectivity index (χ0n) is 18.2. The highest BCUT2D eigenvalue weighted by atomic mass is 32.2. The van der Waals surface area contributed by atoms with Crippen molar-refractivity contribution in [3.63, 3.8) is 0 Å². The van der Waals surface area contributed by atoms with Crippen LogP contribution in [0.4, 0.5) is 15.9 Å². The molecular formula is C23H21FN4O4S. The van der Waals surface area contributed by atoms with Crippen LogP contribution in [0, 0.1) is 12.7 Å². The molecule has 170 valence electrons. The minimum atomic E-state index is -4.34. The van der Waals surface area contributed by atoms with Gasteiger partial charge in [0.15, 0.2) is 0 Å². The van der Waals surface area contributed by atoms with Gasteiger partial charge in [0.25, 0.3) is 0 Å². The van der Waals surface area contributed by atoms with Crippen LogP contribution in [-0.4, -0.2) is 42.6 Å². The molecular weight excluding hydrogens is 447 g/mol. The van der Waals surface area contributed by atoms with E-state index in [0.717, 1.165) is 23.5 Å². The molecule has 3 aromatic rings. The van der Waals surface area contributed by atoms with Crippen molar-refractivity contribution in [2.75, 3.05) is 11.9 Å². The molecule has 0 fully saturated rings. The van der Waals surface area contributed by atoms with E-state index < -0.39 is 39.0 Å². The van der Waals surface area contributed by atoms with Crippen molar-refractivity contribution in [1.82, 2.24) is 9.97 Å². The number of fused-ring (bicyclic) bond motifs is 1. The Hall–Kier alpha value is -3.66. The first kappa shape index (κ1) is 22.5. The number of aromatic nitrogens is 2. The summed E-state index contributed by atoms with van der Waals surface area (Å²) in [5, 5.41) is 9.55. The number of aliphatic carboxylic acids is 1. The van der Waals surface area contributed by atoms with Gasteiger partial charge in [0.05, 0.1) is 34.6 Å². The number of halogens is 1. The van der Waals surface area contributed by atoms with Crippen molar-refractivity contribution in [1.29, 1.82) is 0 Å². The molecule has 0 spiro atoms. The highest BCUT2D eigenvalue weighted by Crippen LogP contribution is 2.26. The maximum Gasteiger partial charge on any atom is 0.307 e. The number of hydrogen-bond donors (Lipinski definition) is 1. The van der Waals surface area contributed by atoms with E-state index in [1.807, 2.05) is 13.0 Å². The molecule has 1 unspecified atom stereocenters. The maximum absolute atomic E-state index is 14.9. The monoisotopic (exact) mass is 468 g/mol. The maximum atomic E-state index is 14.9. The Morgan fingerprint density at radius 1 is 1.18 bits per heavy atom. The molecule has 1 aliphatic heterocycles. The Morgan fingerprint density at radius 3 is 2.58 bits per heavy atom. The molecule has 1 aliphatic rings. The van der Waals surface area contributed by atoms with Gasteiger partial charge in [0.1, 0.15) is 16.5 Å². The van der Waals surface area contributed by atoms with Gasteiger partial charge >= 0.3 is 5.97 Å². The SMILES string of the molecule is Cc1cncc(N(C)c2ccc(S(=O)(=O)c3c(F)ccc4c3=C(CC(=O)O)C(C)N=4)cn2)c1. The van der Waals surface area contributed by atoms with Crippen molar-refractivity contribution in [3.05, 3.63) is 70.9 Å². The number of sulfone groups is 1. The summed E-state index contributed by atoms with van der Waals surface area (Å²) in [4.78, 5) is 25.0. The number of rotatable bonds is 6. The van der Waals surface area contributed by atoms with E-state index in [0.29, 0.717) is 5.82 Å². The number of aryl methyl sites for hydroxylation is 1. The minimum Gasteiger partial charge on any atom is -0.481 e. The Morgan fingerprint density at radius 2 is 1.94 bits per heavy atom. The molecule has 0 saturated heterocycles. The third-order valence-electron chi connectivity index (χ3n) is 5.48. The number of carboxylic acid groups (broad SMARTS) is 1. The quantitative estimate of drug-likeness (QED) is 0.590. The van der Waals surface area contributed by atoms with Crippen LogP contribution in [0.1, 0.15) is 18.9 Å². The Balaban J connectivity index is 1.81. The van der Waals surface area contributed by atoms with Gasteiger partial charge in [0.2, 0.25) is 9.84 Å². The number of hydrogen-bond acceptors (Lipinski definition) is 7. The molecule has 0 radical (unpaired) electrons. The average Bonchev–Trinajstić information content (AvgIpc) is 3.07. The van der Waals surface area contributed by atoms with Gasteiger partial charge in [-0.15, -0.1) is 0 Å². The summed E-state index contributed by atoms with van der Waals surface area (Å²) >= 11 is 0. The molecule has 0 aliphatic carbocycles. The summed E-state index contributed by atoms with van der Waals surface area (Å²) in [5.41, 5.74) is 1.99. The molecule has 2 aromatic heterocycles. The normalized spacial score (nSPS) is 15.2. The van der Waals surface area contributed by atoms with Crippen LogP contribution in [-0.2, 0) is 14.6 Å². The van der Waals surface area contributed by atoms with Crippen molar-refractivity contribution in [2.24, 2.45) is 4.99 Å². The summed E-state index contributed by atoms with van der Waals surface area (Å²) in [5.74, 6) is -1.64. The van der Waals surface area contributed by atoms with E-state index in [1.165, 1.54) is 18.2 Å². The fraction of sp³-hybridized carbons (Fsp3) is 0.217. The molecule has 0 bridgehead atoms. The molecule has 4 rings (SSSR count). The van der Waals surface area contributed by atoms with Gasteiger partial charge in [0, 0.05) is 24.7 Å². The van der Waals surface area contributed by atoms with Crippen LogP contribution in [0.3, 0.4) is 0 Å². The third kappa shape index (κ3) is 4.09. The first-order chi connectivity index (χ1) is 15.6. The number of benzene rings is 1. The second kappa shape index (κ2) is 8.36. The predicted molar refractivity (Wildman–Crippen MR) is 119 cm³/mol. The molecule has 10 heteroatoms. The lowest BCUT2D eigenvalue weighted by molar-refractivity contribution is -0.135. The van der Waals surface area contributed by atoms with Crippen molar-refractivity contribution in [3.8, 4) is 0 Å². The summed E-state index contributed by atoms with van der Waals surface area (Å²) in [6, 6.07) is 6.61. The fourth-order valence-electron chi connectivity index (χ4n) is 3.82. The van der Waals surface area contributed by atoms with Crippen LogP contribution in [0.5, 0.6) is 0 Å². The number of anilines is 2. The third-order valence-corrected chi connectivity index (χ3v) is 7.28. The number of nitrogens with zero attached hydrogens (tertiary/aromatic N) is 4. The Labute approximate surface area is 189 Å². The van der Waals surface area contributed by atoms with Crippen molar-refractivity contribution >= 4 is 32.9 Å². The molecule has 0 amide bonds. The van der Waals surface area contributed by atoms with Crippen LogP contribution >= 0.6 is 0 Å². The van der Waals surface area contributed by atoms with Crippen LogP contribution in [0.25, 0.3) is 5.57 Å².